The Morgan fingerprint density at radius 2 is 2.33 bits per heavy atom. The number of rotatable bonds is 2. The first-order valence-corrected chi connectivity index (χ1v) is 5.29. The summed E-state index contributed by atoms with van der Waals surface area (Å²) < 4.78 is 5.31. The van der Waals surface area contributed by atoms with Gasteiger partial charge in [0.15, 0.2) is 0 Å². The van der Waals surface area contributed by atoms with Crippen molar-refractivity contribution in [3.63, 3.8) is 0 Å². The second kappa shape index (κ2) is 3.90. The number of aryl methyl sites for hydroxylation is 1. The molecule has 1 aliphatic rings. The fraction of sp³-hybridized carbons (Fsp3) is 0.800. The first-order chi connectivity index (χ1) is 7.05. The molecule has 1 N–H and O–H groups in total. The van der Waals surface area contributed by atoms with Gasteiger partial charge in [0.2, 0.25) is 11.8 Å². The molecular formula is C10H17N3O2. The molecule has 84 valence electrons. The van der Waals surface area contributed by atoms with Crippen LogP contribution in [0.15, 0.2) is 4.42 Å². The Hall–Kier alpha value is -0.940. The summed E-state index contributed by atoms with van der Waals surface area (Å²) in [6, 6.07) is 0. The smallest absolute Gasteiger partial charge is 0.230 e. The summed E-state index contributed by atoms with van der Waals surface area (Å²) in [6.45, 7) is 5.95. The number of nitrogens with zero attached hydrogens (tertiary/aromatic N) is 3. The van der Waals surface area contributed by atoms with Gasteiger partial charge in [0.25, 0.3) is 0 Å². The number of piperidine rings is 1. The maximum Gasteiger partial charge on any atom is 0.230 e. The van der Waals surface area contributed by atoms with E-state index >= 15 is 0 Å². The van der Waals surface area contributed by atoms with Crippen molar-refractivity contribution >= 4 is 0 Å². The van der Waals surface area contributed by atoms with Crippen LogP contribution in [0.5, 0.6) is 0 Å². The molecule has 1 atom stereocenters. The third kappa shape index (κ3) is 2.76. The summed E-state index contributed by atoms with van der Waals surface area (Å²) in [4.78, 5) is 2.15. The van der Waals surface area contributed by atoms with Gasteiger partial charge in [0.1, 0.15) is 0 Å². The van der Waals surface area contributed by atoms with Gasteiger partial charge in [-0.1, -0.05) is 0 Å². The average molecular weight is 211 g/mol. The standard InChI is InChI=1S/C10H17N3O2/c1-8-11-12-9(15-8)6-13-5-3-4-10(2,14)7-13/h14H,3-7H2,1-2H3. The van der Waals surface area contributed by atoms with E-state index in [9.17, 15) is 5.11 Å². The molecule has 0 aliphatic carbocycles. The molecule has 1 aliphatic heterocycles. The molecule has 5 heteroatoms. The molecule has 1 aromatic heterocycles. The van der Waals surface area contributed by atoms with Gasteiger partial charge >= 0.3 is 0 Å². The van der Waals surface area contributed by atoms with Gasteiger partial charge in [-0.05, 0) is 26.3 Å². The molecule has 1 saturated heterocycles. The van der Waals surface area contributed by atoms with Crippen LogP contribution in [-0.2, 0) is 6.54 Å². The lowest BCUT2D eigenvalue weighted by Crippen LogP contribution is -2.45. The third-order valence-corrected chi connectivity index (χ3v) is 2.68. The van der Waals surface area contributed by atoms with E-state index in [1.165, 1.54) is 0 Å². The molecule has 0 amide bonds. The number of aromatic nitrogens is 2. The maximum atomic E-state index is 9.92. The van der Waals surface area contributed by atoms with Crippen LogP contribution in [0.2, 0.25) is 0 Å². The van der Waals surface area contributed by atoms with Gasteiger partial charge in [0, 0.05) is 13.5 Å². The molecule has 15 heavy (non-hydrogen) atoms. The van der Waals surface area contributed by atoms with Crippen LogP contribution in [0.1, 0.15) is 31.5 Å². The number of hydrogen-bond acceptors (Lipinski definition) is 5. The fourth-order valence-corrected chi connectivity index (χ4v) is 2.05. The van der Waals surface area contributed by atoms with E-state index < -0.39 is 5.60 Å². The summed E-state index contributed by atoms with van der Waals surface area (Å²) >= 11 is 0. The van der Waals surface area contributed by atoms with Crippen molar-refractivity contribution in [1.82, 2.24) is 15.1 Å². The third-order valence-electron chi connectivity index (χ3n) is 2.68. The van der Waals surface area contributed by atoms with E-state index in [0.717, 1.165) is 19.4 Å². The quantitative estimate of drug-likeness (QED) is 0.781. The second-order valence-electron chi connectivity index (χ2n) is 4.53. The van der Waals surface area contributed by atoms with Gasteiger partial charge in [-0.2, -0.15) is 0 Å². The summed E-state index contributed by atoms with van der Waals surface area (Å²) in [6.07, 6.45) is 1.88. The molecule has 0 spiro atoms. The van der Waals surface area contributed by atoms with Crippen molar-refractivity contribution < 1.29 is 9.52 Å². The highest BCUT2D eigenvalue weighted by Crippen LogP contribution is 2.21. The topological polar surface area (TPSA) is 62.4 Å². The largest absolute Gasteiger partial charge is 0.424 e. The number of likely N-dealkylation sites (tertiary alicyclic amines) is 1. The predicted molar refractivity (Wildman–Crippen MR) is 54.2 cm³/mol. The predicted octanol–water partition coefficient (Wildman–Crippen LogP) is 0.725. The maximum absolute atomic E-state index is 9.92. The van der Waals surface area contributed by atoms with Gasteiger partial charge < -0.3 is 9.52 Å². The minimum absolute atomic E-state index is 0.576. The Morgan fingerprint density at radius 3 is 2.93 bits per heavy atom. The van der Waals surface area contributed by atoms with E-state index in [0.29, 0.717) is 24.9 Å². The summed E-state index contributed by atoms with van der Waals surface area (Å²) in [5.74, 6) is 1.22. The van der Waals surface area contributed by atoms with Crippen LogP contribution in [0.4, 0.5) is 0 Å². The van der Waals surface area contributed by atoms with Crippen molar-refractivity contribution in [2.24, 2.45) is 0 Å². The normalized spacial score (nSPS) is 28.2. The van der Waals surface area contributed by atoms with Gasteiger partial charge in [-0.25, -0.2) is 0 Å². The lowest BCUT2D eigenvalue weighted by molar-refractivity contribution is -0.0203. The van der Waals surface area contributed by atoms with Crippen molar-refractivity contribution in [2.75, 3.05) is 13.1 Å². The molecule has 0 saturated carbocycles. The minimum Gasteiger partial charge on any atom is -0.424 e. The Morgan fingerprint density at radius 1 is 1.53 bits per heavy atom. The Bertz CT molecular complexity index is 335. The fourth-order valence-electron chi connectivity index (χ4n) is 2.05. The molecule has 0 bridgehead atoms. The molecule has 1 aromatic rings. The first-order valence-electron chi connectivity index (χ1n) is 5.29. The molecule has 1 fully saturated rings. The molecule has 0 aromatic carbocycles. The van der Waals surface area contributed by atoms with E-state index in [4.69, 9.17) is 4.42 Å². The van der Waals surface area contributed by atoms with Crippen LogP contribution < -0.4 is 0 Å². The van der Waals surface area contributed by atoms with Gasteiger partial charge in [-0.15, -0.1) is 10.2 Å². The molecule has 2 heterocycles. The van der Waals surface area contributed by atoms with Gasteiger partial charge in [0.05, 0.1) is 12.1 Å². The van der Waals surface area contributed by atoms with Crippen LogP contribution >= 0.6 is 0 Å². The highest BCUT2D eigenvalue weighted by atomic mass is 16.4. The summed E-state index contributed by atoms with van der Waals surface area (Å²) in [7, 11) is 0. The molecule has 5 nitrogen and oxygen atoms in total. The minimum atomic E-state index is -0.576. The van der Waals surface area contributed by atoms with E-state index in [1.54, 1.807) is 6.92 Å². The van der Waals surface area contributed by atoms with E-state index in [1.807, 2.05) is 6.92 Å². The number of hydrogen-bond donors (Lipinski definition) is 1. The summed E-state index contributed by atoms with van der Waals surface area (Å²) in [5, 5.41) is 17.7. The summed E-state index contributed by atoms with van der Waals surface area (Å²) in [5.41, 5.74) is -0.576. The van der Waals surface area contributed by atoms with E-state index in [2.05, 4.69) is 15.1 Å². The van der Waals surface area contributed by atoms with Crippen LogP contribution in [0.25, 0.3) is 0 Å². The van der Waals surface area contributed by atoms with Crippen LogP contribution in [0, 0.1) is 6.92 Å². The molecule has 0 radical (unpaired) electrons. The molecule has 1 unspecified atom stereocenters. The SMILES string of the molecule is Cc1nnc(CN2CCCC(C)(O)C2)o1. The van der Waals surface area contributed by atoms with Crippen molar-refractivity contribution in [3.05, 3.63) is 11.8 Å². The zero-order valence-corrected chi connectivity index (χ0v) is 9.23. The van der Waals surface area contributed by atoms with Crippen molar-refractivity contribution in [1.29, 1.82) is 0 Å². The first kappa shape index (κ1) is 10.6. The zero-order chi connectivity index (χ0) is 10.9. The second-order valence-corrected chi connectivity index (χ2v) is 4.53. The Labute approximate surface area is 89.1 Å². The average Bonchev–Trinajstić information content (AvgIpc) is 2.49. The lowest BCUT2D eigenvalue weighted by atomic mass is 9.95. The molecular weight excluding hydrogens is 194 g/mol. The van der Waals surface area contributed by atoms with Crippen molar-refractivity contribution in [2.45, 2.75) is 38.8 Å². The highest BCUT2D eigenvalue weighted by Gasteiger charge is 2.28. The number of aliphatic hydroxyl groups is 1. The Balaban J connectivity index is 1.95. The van der Waals surface area contributed by atoms with E-state index in [-0.39, 0.29) is 0 Å². The number of β-amino-alcohol motifs (C(OH)–C–C–N with tert-alkyl or cyclic N) is 1. The lowest BCUT2D eigenvalue weighted by Gasteiger charge is -2.35. The Kier molecular flexibility index (Phi) is 2.75. The van der Waals surface area contributed by atoms with Gasteiger partial charge in [-0.3, -0.25) is 4.90 Å². The monoisotopic (exact) mass is 211 g/mol. The zero-order valence-electron chi connectivity index (χ0n) is 9.23. The molecule has 2 rings (SSSR count). The van der Waals surface area contributed by atoms with Crippen LogP contribution in [-0.4, -0.2) is 38.9 Å². The van der Waals surface area contributed by atoms with Crippen molar-refractivity contribution in [3.8, 4) is 0 Å². The highest BCUT2D eigenvalue weighted by molar-refractivity contribution is 4.86. The van der Waals surface area contributed by atoms with Crippen LogP contribution in [0.3, 0.4) is 0 Å².